The lowest BCUT2D eigenvalue weighted by atomic mass is 10.3. The average molecular weight is 210 g/mol. The maximum atomic E-state index is 11.9. The maximum Gasteiger partial charge on any atom is 0.236 e. The Morgan fingerprint density at radius 1 is 1.33 bits per heavy atom. The Hall–Kier alpha value is -0.570. The van der Waals surface area contributed by atoms with Crippen molar-refractivity contribution in [2.75, 3.05) is 19.6 Å². The Kier molecular flexibility index (Phi) is 3.62. The number of carbonyl (C=O) groups excluding carboxylic acids is 1. The lowest BCUT2D eigenvalue weighted by molar-refractivity contribution is -0.130. The van der Waals surface area contributed by atoms with Crippen molar-refractivity contribution in [1.82, 2.24) is 10.2 Å². The Morgan fingerprint density at radius 3 is 2.60 bits per heavy atom. The smallest absolute Gasteiger partial charge is 0.236 e. The molecule has 15 heavy (non-hydrogen) atoms. The maximum absolute atomic E-state index is 11.9. The fraction of sp³-hybridized carbons (Fsp3) is 0.917. The Labute approximate surface area is 92.2 Å². The van der Waals surface area contributed by atoms with E-state index in [9.17, 15) is 4.79 Å². The van der Waals surface area contributed by atoms with Gasteiger partial charge in [-0.2, -0.15) is 0 Å². The molecule has 0 bridgehead atoms. The minimum absolute atomic E-state index is 0.302. The monoisotopic (exact) mass is 210 g/mol. The topological polar surface area (TPSA) is 32.3 Å². The lowest BCUT2D eigenvalue weighted by Crippen LogP contribution is -2.40. The molecule has 2 rings (SSSR count). The van der Waals surface area contributed by atoms with Gasteiger partial charge < -0.3 is 10.2 Å². The number of nitrogens with one attached hydrogen (secondary N) is 1. The molecule has 0 aromatic heterocycles. The van der Waals surface area contributed by atoms with Crippen LogP contribution in [0.15, 0.2) is 0 Å². The van der Waals surface area contributed by atoms with E-state index in [4.69, 9.17) is 0 Å². The van der Waals surface area contributed by atoms with Gasteiger partial charge in [0, 0.05) is 19.1 Å². The van der Waals surface area contributed by atoms with Crippen molar-refractivity contribution in [3.8, 4) is 0 Å². The predicted molar refractivity (Wildman–Crippen MR) is 60.6 cm³/mol. The van der Waals surface area contributed by atoms with Gasteiger partial charge in [0.15, 0.2) is 0 Å². The molecular formula is C12H22N2O. The van der Waals surface area contributed by atoms with Gasteiger partial charge in [-0.15, -0.1) is 0 Å². The van der Waals surface area contributed by atoms with Gasteiger partial charge >= 0.3 is 0 Å². The molecule has 0 spiro atoms. The molecule has 0 radical (unpaired) electrons. The van der Waals surface area contributed by atoms with Crippen molar-refractivity contribution >= 4 is 5.91 Å². The van der Waals surface area contributed by atoms with Crippen LogP contribution in [0, 0.1) is 5.92 Å². The Morgan fingerprint density at radius 2 is 2.07 bits per heavy atom. The molecule has 86 valence electrons. The highest BCUT2D eigenvalue weighted by Crippen LogP contribution is 2.29. The first-order valence-corrected chi connectivity index (χ1v) is 6.30. The highest BCUT2D eigenvalue weighted by molar-refractivity contribution is 5.78. The molecule has 2 aliphatic carbocycles. The number of carbonyl (C=O) groups is 1. The number of nitrogens with zero attached hydrogens (tertiary/aromatic N) is 1. The zero-order valence-electron chi connectivity index (χ0n) is 9.67. The third-order valence-electron chi connectivity index (χ3n) is 3.14. The molecular weight excluding hydrogens is 188 g/mol. The van der Waals surface area contributed by atoms with Crippen LogP contribution in [0.25, 0.3) is 0 Å². The number of rotatable bonds is 7. The summed E-state index contributed by atoms with van der Waals surface area (Å²) in [7, 11) is 0. The van der Waals surface area contributed by atoms with E-state index in [0.29, 0.717) is 18.5 Å². The van der Waals surface area contributed by atoms with E-state index in [0.717, 1.165) is 25.4 Å². The van der Waals surface area contributed by atoms with E-state index < -0.39 is 0 Å². The van der Waals surface area contributed by atoms with Crippen molar-refractivity contribution in [3.05, 3.63) is 0 Å². The van der Waals surface area contributed by atoms with E-state index in [-0.39, 0.29) is 0 Å². The average Bonchev–Trinajstić information content (AvgIpc) is 3.07. The van der Waals surface area contributed by atoms with E-state index >= 15 is 0 Å². The minimum atomic E-state index is 0.302. The standard InChI is InChI=1S/C12H22N2O/c1-2-7-14(9-10-3-4-10)12(15)8-13-11-5-6-11/h10-11,13H,2-9H2,1H3. The van der Waals surface area contributed by atoms with Crippen LogP contribution in [0.5, 0.6) is 0 Å². The molecule has 1 amide bonds. The number of hydrogen-bond donors (Lipinski definition) is 1. The summed E-state index contributed by atoms with van der Waals surface area (Å²) in [5.41, 5.74) is 0. The second kappa shape index (κ2) is 4.97. The summed E-state index contributed by atoms with van der Waals surface area (Å²) in [6, 6.07) is 0.637. The largest absolute Gasteiger partial charge is 0.341 e. The van der Waals surface area contributed by atoms with Crippen LogP contribution < -0.4 is 5.32 Å². The molecule has 0 heterocycles. The minimum Gasteiger partial charge on any atom is -0.341 e. The van der Waals surface area contributed by atoms with E-state index in [2.05, 4.69) is 12.2 Å². The zero-order valence-corrected chi connectivity index (χ0v) is 9.67. The summed E-state index contributed by atoms with van der Waals surface area (Å²) >= 11 is 0. The van der Waals surface area contributed by atoms with E-state index in [1.807, 2.05) is 4.90 Å². The summed E-state index contributed by atoms with van der Waals surface area (Å²) < 4.78 is 0. The first-order valence-electron chi connectivity index (χ1n) is 6.30. The molecule has 2 fully saturated rings. The molecule has 0 aliphatic heterocycles. The first kappa shape index (κ1) is 10.9. The first-order chi connectivity index (χ1) is 7.29. The van der Waals surface area contributed by atoms with Crippen molar-refractivity contribution in [2.45, 2.75) is 45.1 Å². The van der Waals surface area contributed by atoms with E-state index in [1.54, 1.807) is 0 Å². The second-order valence-corrected chi connectivity index (χ2v) is 4.94. The van der Waals surface area contributed by atoms with Gasteiger partial charge in [-0.25, -0.2) is 0 Å². The van der Waals surface area contributed by atoms with Crippen LogP contribution in [0.4, 0.5) is 0 Å². The quantitative estimate of drug-likeness (QED) is 0.688. The van der Waals surface area contributed by atoms with Crippen LogP contribution in [0.2, 0.25) is 0 Å². The lowest BCUT2D eigenvalue weighted by Gasteiger charge is -2.22. The van der Waals surface area contributed by atoms with Crippen LogP contribution >= 0.6 is 0 Å². The van der Waals surface area contributed by atoms with Crippen LogP contribution in [-0.4, -0.2) is 36.5 Å². The Balaban J connectivity index is 1.70. The van der Waals surface area contributed by atoms with Gasteiger partial charge in [-0.3, -0.25) is 4.79 Å². The summed E-state index contributed by atoms with van der Waals surface area (Å²) in [5, 5.41) is 3.30. The fourth-order valence-electron chi connectivity index (χ4n) is 1.83. The van der Waals surface area contributed by atoms with Crippen LogP contribution in [0.3, 0.4) is 0 Å². The van der Waals surface area contributed by atoms with Crippen LogP contribution in [-0.2, 0) is 4.79 Å². The summed E-state index contributed by atoms with van der Waals surface area (Å²) in [4.78, 5) is 13.9. The SMILES string of the molecule is CCCN(CC1CC1)C(=O)CNC1CC1. The molecule has 0 unspecified atom stereocenters. The molecule has 0 aromatic carbocycles. The summed E-state index contributed by atoms with van der Waals surface area (Å²) in [6.07, 6.45) is 6.22. The van der Waals surface area contributed by atoms with Gasteiger partial charge in [0.2, 0.25) is 5.91 Å². The molecule has 1 N–H and O–H groups in total. The van der Waals surface area contributed by atoms with Crippen molar-refractivity contribution in [1.29, 1.82) is 0 Å². The fourth-order valence-corrected chi connectivity index (χ4v) is 1.83. The highest BCUT2D eigenvalue weighted by Gasteiger charge is 2.27. The Bertz CT molecular complexity index is 222. The molecule has 3 heteroatoms. The molecule has 2 saturated carbocycles. The van der Waals surface area contributed by atoms with Gasteiger partial charge in [0.1, 0.15) is 0 Å². The summed E-state index contributed by atoms with van der Waals surface area (Å²) in [6.45, 7) is 4.62. The number of hydrogen-bond acceptors (Lipinski definition) is 2. The van der Waals surface area contributed by atoms with Crippen molar-refractivity contribution < 1.29 is 4.79 Å². The molecule has 0 saturated heterocycles. The molecule has 0 atom stereocenters. The predicted octanol–water partition coefficient (Wildman–Crippen LogP) is 1.39. The molecule has 0 aromatic rings. The number of amides is 1. The molecule has 2 aliphatic rings. The van der Waals surface area contributed by atoms with Crippen LogP contribution in [0.1, 0.15) is 39.0 Å². The van der Waals surface area contributed by atoms with E-state index in [1.165, 1.54) is 25.7 Å². The normalized spacial score (nSPS) is 20.3. The van der Waals surface area contributed by atoms with Gasteiger partial charge in [-0.1, -0.05) is 6.92 Å². The molecule has 3 nitrogen and oxygen atoms in total. The van der Waals surface area contributed by atoms with Gasteiger partial charge in [0.25, 0.3) is 0 Å². The zero-order chi connectivity index (χ0) is 10.7. The van der Waals surface area contributed by atoms with Gasteiger partial charge in [0.05, 0.1) is 6.54 Å². The van der Waals surface area contributed by atoms with Gasteiger partial charge in [-0.05, 0) is 38.0 Å². The third-order valence-corrected chi connectivity index (χ3v) is 3.14. The highest BCUT2D eigenvalue weighted by atomic mass is 16.2. The van der Waals surface area contributed by atoms with Crippen molar-refractivity contribution in [3.63, 3.8) is 0 Å². The third kappa shape index (κ3) is 3.82. The van der Waals surface area contributed by atoms with Crippen molar-refractivity contribution in [2.24, 2.45) is 5.92 Å². The second-order valence-electron chi connectivity index (χ2n) is 4.94. The summed E-state index contributed by atoms with van der Waals surface area (Å²) in [5.74, 6) is 1.11.